The lowest BCUT2D eigenvalue weighted by Crippen LogP contribution is -2.35. The van der Waals surface area contributed by atoms with E-state index in [0.29, 0.717) is 12.6 Å². The monoisotopic (exact) mass is 330 g/mol. The molecule has 1 unspecified atom stereocenters. The first kappa shape index (κ1) is 17.1. The molecule has 5 heteroatoms. The van der Waals surface area contributed by atoms with E-state index >= 15 is 0 Å². The second-order valence-corrected chi connectivity index (χ2v) is 6.57. The fourth-order valence-corrected chi connectivity index (χ4v) is 3.45. The molecule has 3 rings (SSSR count). The van der Waals surface area contributed by atoms with Crippen molar-refractivity contribution in [1.82, 2.24) is 20.0 Å². The molecule has 24 heavy (non-hydrogen) atoms. The minimum absolute atomic E-state index is 0.198. The van der Waals surface area contributed by atoms with E-state index in [0.717, 1.165) is 31.7 Å². The SMILES string of the molecule is CCN(Cc1cnn(Cc2ccc(F)cc2)c1)C1CCCNCC1. The summed E-state index contributed by atoms with van der Waals surface area (Å²) in [4.78, 5) is 2.56. The molecular weight excluding hydrogens is 303 g/mol. The average Bonchev–Trinajstić information content (AvgIpc) is 2.85. The first-order valence-corrected chi connectivity index (χ1v) is 8.95. The van der Waals surface area contributed by atoms with Crippen molar-refractivity contribution >= 4 is 0 Å². The minimum Gasteiger partial charge on any atom is -0.317 e. The van der Waals surface area contributed by atoms with Gasteiger partial charge in [-0.05, 0) is 56.6 Å². The van der Waals surface area contributed by atoms with E-state index in [1.165, 1.54) is 37.0 Å². The van der Waals surface area contributed by atoms with Crippen LogP contribution >= 0.6 is 0 Å². The molecule has 1 aromatic carbocycles. The highest BCUT2D eigenvalue weighted by atomic mass is 19.1. The maximum Gasteiger partial charge on any atom is 0.123 e. The second kappa shape index (κ2) is 8.40. The quantitative estimate of drug-likeness (QED) is 0.884. The number of hydrogen-bond donors (Lipinski definition) is 1. The van der Waals surface area contributed by atoms with E-state index in [9.17, 15) is 4.39 Å². The summed E-state index contributed by atoms with van der Waals surface area (Å²) in [6, 6.07) is 7.28. The predicted octanol–water partition coefficient (Wildman–Crippen LogP) is 3.03. The fourth-order valence-electron chi connectivity index (χ4n) is 3.45. The van der Waals surface area contributed by atoms with Crippen molar-refractivity contribution in [2.45, 2.75) is 45.3 Å². The van der Waals surface area contributed by atoms with E-state index in [1.807, 2.05) is 23.0 Å². The molecule has 130 valence electrons. The van der Waals surface area contributed by atoms with Crippen molar-refractivity contribution in [1.29, 1.82) is 0 Å². The molecule has 1 N–H and O–H groups in total. The number of rotatable bonds is 6. The number of nitrogens with one attached hydrogen (secondary N) is 1. The fraction of sp³-hybridized carbons (Fsp3) is 0.526. The van der Waals surface area contributed by atoms with Gasteiger partial charge in [0.1, 0.15) is 5.82 Å². The molecule has 0 bridgehead atoms. The van der Waals surface area contributed by atoms with Gasteiger partial charge in [0.25, 0.3) is 0 Å². The Labute approximate surface area is 143 Å². The summed E-state index contributed by atoms with van der Waals surface area (Å²) >= 11 is 0. The highest BCUT2D eigenvalue weighted by Gasteiger charge is 2.19. The van der Waals surface area contributed by atoms with Gasteiger partial charge in [-0.2, -0.15) is 5.10 Å². The number of aromatic nitrogens is 2. The Balaban J connectivity index is 1.60. The molecule has 2 aromatic rings. The lowest BCUT2D eigenvalue weighted by molar-refractivity contribution is 0.182. The molecular formula is C19H27FN4. The van der Waals surface area contributed by atoms with Crippen LogP contribution in [-0.2, 0) is 13.1 Å². The maximum absolute atomic E-state index is 13.0. The molecule has 1 saturated heterocycles. The maximum atomic E-state index is 13.0. The lowest BCUT2D eigenvalue weighted by atomic mass is 10.1. The lowest BCUT2D eigenvalue weighted by Gasteiger charge is -2.29. The molecule has 2 heterocycles. The standard InChI is InChI=1S/C19H27FN4/c1-2-23(19-4-3-10-21-11-9-19)13-17-12-22-24(15-17)14-16-5-7-18(20)8-6-16/h5-8,12,15,19,21H,2-4,9-11,13-14H2,1H3. The van der Waals surface area contributed by atoms with E-state index < -0.39 is 0 Å². The molecule has 1 aliphatic heterocycles. The molecule has 0 spiro atoms. The summed E-state index contributed by atoms with van der Waals surface area (Å²) in [6.07, 6.45) is 7.81. The molecule has 1 atom stereocenters. The zero-order valence-corrected chi connectivity index (χ0v) is 14.4. The Morgan fingerprint density at radius 1 is 1.21 bits per heavy atom. The Kier molecular flexibility index (Phi) is 5.99. The molecule has 1 aromatic heterocycles. The van der Waals surface area contributed by atoms with Crippen molar-refractivity contribution in [2.24, 2.45) is 0 Å². The van der Waals surface area contributed by atoms with Crippen molar-refractivity contribution in [2.75, 3.05) is 19.6 Å². The third-order valence-electron chi connectivity index (χ3n) is 4.80. The second-order valence-electron chi connectivity index (χ2n) is 6.57. The van der Waals surface area contributed by atoms with Gasteiger partial charge in [-0.3, -0.25) is 9.58 Å². The van der Waals surface area contributed by atoms with Gasteiger partial charge in [0, 0.05) is 24.3 Å². The van der Waals surface area contributed by atoms with E-state index in [1.54, 1.807) is 0 Å². The first-order valence-electron chi connectivity index (χ1n) is 8.95. The van der Waals surface area contributed by atoms with Crippen LogP contribution in [0.25, 0.3) is 0 Å². The van der Waals surface area contributed by atoms with Gasteiger partial charge in [-0.25, -0.2) is 4.39 Å². The smallest absolute Gasteiger partial charge is 0.123 e. The molecule has 0 saturated carbocycles. The van der Waals surface area contributed by atoms with Gasteiger partial charge < -0.3 is 5.32 Å². The Morgan fingerprint density at radius 3 is 2.83 bits per heavy atom. The van der Waals surface area contributed by atoms with Gasteiger partial charge in [0.2, 0.25) is 0 Å². The van der Waals surface area contributed by atoms with Crippen LogP contribution < -0.4 is 5.32 Å². The van der Waals surface area contributed by atoms with Gasteiger partial charge >= 0.3 is 0 Å². The predicted molar refractivity (Wildman–Crippen MR) is 94.3 cm³/mol. The average molecular weight is 330 g/mol. The molecule has 1 fully saturated rings. The van der Waals surface area contributed by atoms with Gasteiger partial charge in [-0.1, -0.05) is 19.1 Å². The third kappa shape index (κ3) is 4.65. The van der Waals surface area contributed by atoms with E-state index in [2.05, 4.69) is 28.4 Å². The van der Waals surface area contributed by atoms with Crippen molar-refractivity contribution in [3.8, 4) is 0 Å². The molecule has 0 aliphatic carbocycles. The number of hydrogen-bond acceptors (Lipinski definition) is 3. The van der Waals surface area contributed by atoms with Crippen molar-refractivity contribution < 1.29 is 4.39 Å². The zero-order chi connectivity index (χ0) is 16.8. The Morgan fingerprint density at radius 2 is 2.04 bits per heavy atom. The largest absolute Gasteiger partial charge is 0.317 e. The minimum atomic E-state index is -0.198. The van der Waals surface area contributed by atoms with Crippen LogP contribution in [0.3, 0.4) is 0 Å². The van der Waals surface area contributed by atoms with Crippen LogP contribution in [0.1, 0.15) is 37.3 Å². The number of benzene rings is 1. The third-order valence-corrected chi connectivity index (χ3v) is 4.80. The van der Waals surface area contributed by atoms with Crippen LogP contribution in [0, 0.1) is 5.82 Å². The highest BCUT2D eigenvalue weighted by molar-refractivity contribution is 5.17. The van der Waals surface area contributed by atoms with Crippen LogP contribution in [0.5, 0.6) is 0 Å². The summed E-state index contributed by atoms with van der Waals surface area (Å²) in [5.74, 6) is -0.198. The van der Waals surface area contributed by atoms with Crippen molar-refractivity contribution in [3.05, 3.63) is 53.6 Å². The molecule has 1 aliphatic rings. The Bertz CT molecular complexity index is 615. The van der Waals surface area contributed by atoms with Gasteiger partial charge in [0.15, 0.2) is 0 Å². The van der Waals surface area contributed by atoms with Crippen molar-refractivity contribution in [3.63, 3.8) is 0 Å². The topological polar surface area (TPSA) is 33.1 Å². The summed E-state index contributed by atoms with van der Waals surface area (Å²) in [7, 11) is 0. The molecule has 0 radical (unpaired) electrons. The number of nitrogens with zero attached hydrogens (tertiary/aromatic N) is 3. The number of halogens is 1. The summed E-state index contributed by atoms with van der Waals surface area (Å²) in [6.45, 7) is 7.19. The van der Waals surface area contributed by atoms with E-state index in [-0.39, 0.29) is 5.82 Å². The first-order chi connectivity index (χ1) is 11.7. The Hall–Kier alpha value is -1.72. The normalized spacial score (nSPS) is 18.7. The highest BCUT2D eigenvalue weighted by Crippen LogP contribution is 2.16. The van der Waals surface area contributed by atoms with Crippen LogP contribution in [0.4, 0.5) is 4.39 Å². The van der Waals surface area contributed by atoms with E-state index in [4.69, 9.17) is 0 Å². The molecule has 4 nitrogen and oxygen atoms in total. The summed E-state index contributed by atoms with van der Waals surface area (Å²) in [5.41, 5.74) is 2.31. The zero-order valence-electron chi connectivity index (χ0n) is 14.4. The van der Waals surface area contributed by atoms with Gasteiger partial charge in [0.05, 0.1) is 12.7 Å². The molecule has 0 amide bonds. The van der Waals surface area contributed by atoms with Crippen LogP contribution in [-0.4, -0.2) is 40.4 Å². The van der Waals surface area contributed by atoms with Gasteiger partial charge in [-0.15, -0.1) is 0 Å². The van der Waals surface area contributed by atoms with Crippen LogP contribution in [0.2, 0.25) is 0 Å². The van der Waals surface area contributed by atoms with Crippen LogP contribution in [0.15, 0.2) is 36.7 Å². The summed E-state index contributed by atoms with van der Waals surface area (Å²) < 4.78 is 14.9. The summed E-state index contributed by atoms with van der Waals surface area (Å²) in [5, 5.41) is 7.95.